The SMILES string of the molecule is CNC(CCC1CCCCC1)Cc1ncnn1CC(C)C. The van der Waals surface area contributed by atoms with E-state index in [4.69, 9.17) is 0 Å². The summed E-state index contributed by atoms with van der Waals surface area (Å²) in [4.78, 5) is 4.46. The lowest BCUT2D eigenvalue weighted by atomic mass is 9.85. The van der Waals surface area contributed by atoms with E-state index in [1.54, 1.807) is 6.33 Å². The van der Waals surface area contributed by atoms with E-state index in [1.807, 2.05) is 0 Å². The van der Waals surface area contributed by atoms with E-state index in [-0.39, 0.29) is 0 Å². The number of aromatic nitrogens is 3. The molecule has 1 aliphatic rings. The first kappa shape index (κ1) is 16.5. The van der Waals surface area contributed by atoms with E-state index in [1.165, 1.54) is 44.9 Å². The molecule has 0 amide bonds. The predicted octanol–water partition coefficient (Wildman–Crippen LogP) is 3.43. The van der Waals surface area contributed by atoms with Gasteiger partial charge in [-0.25, -0.2) is 9.67 Å². The van der Waals surface area contributed by atoms with Crippen LogP contribution in [0.15, 0.2) is 6.33 Å². The van der Waals surface area contributed by atoms with Crippen LogP contribution in [0.1, 0.15) is 64.6 Å². The molecule has 1 aromatic heterocycles. The Hall–Kier alpha value is -0.900. The smallest absolute Gasteiger partial charge is 0.138 e. The molecule has 1 N–H and O–H groups in total. The van der Waals surface area contributed by atoms with Gasteiger partial charge in [0, 0.05) is 19.0 Å². The molecular weight excluding hydrogens is 260 g/mol. The Morgan fingerprint density at radius 3 is 2.71 bits per heavy atom. The van der Waals surface area contributed by atoms with Crippen LogP contribution in [0.25, 0.3) is 0 Å². The molecule has 0 saturated heterocycles. The van der Waals surface area contributed by atoms with Gasteiger partial charge in [0.05, 0.1) is 0 Å². The molecule has 21 heavy (non-hydrogen) atoms. The lowest BCUT2D eigenvalue weighted by Gasteiger charge is -2.24. The molecule has 0 radical (unpaired) electrons. The molecule has 4 nitrogen and oxygen atoms in total. The Morgan fingerprint density at radius 1 is 1.29 bits per heavy atom. The highest BCUT2D eigenvalue weighted by Gasteiger charge is 2.17. The zero-order chi connectivity index (χ0) is 15.1. The van der Waals surface area contributed by atoms with Crippen molar-refractivity contribution in [2.24, 2.45) is 11.8 Å². The molecule has 1 unspecified atom stereocenters. The molecule has 1 fully saturated rings. The Morgan fingerprint density at radius 2 is 2.05 bits per heavy atom. The van der Waals surface area contributed by atoms with Gasteiger partial charge in [-0.2, -0.15) is 5.10 Å². The summed E-state index contributed by atoms with van der Waals surface area (Å²) in [7, 11) is 2.08. The van der Waals surface area contributed by atoms with Gasteiger partial charge in [-0.3, -0.25) is 0 Å². The highest BCUT2D eigenvalue weighted by molar-refractivity contribution is 4.90. The zero-order valence-electron chi connectivity index (χ0n) is 14.0. The van der Waals surface area contributed by atoms with Crippen molar-refractivity contribution in [2.75, 3.05) is 7.05 Å². The summed E-state index contributed by atoms with van der Waals surface area (Å²) in [5.74, 6) is 2.70. The van der Waals surface area contributed by atoms with Crippen molar-refractivity contribution in [2.45, 2.75) is 77.8 Å². The normalized spacial score (nSPS) is 18.3. The van der Waals surface area contributed by atoms with Crippen molar-refractivity contribution >= 4 is 0 Å². The van der Waals surface area contributed by atoms with Crippen molar-refractivity contribution in [3.8, 4) is 0 Å². The Bertz CT molecular complexity index is 393. The number of nitrogens with one attached hydrogen (secondary N) is 1. The van der Waals surface area contributed by atoms with Gasteiger partial charge in [-0.1, -0.05) is 46.0 Å². The maximum atomic E-state index is 4.46. The number of hydrogen-bond acceptors (Lipinski definition) is 3. The number of nitrogens with zero attached hydrogens (tertiary/aromatic N) is 3. The van der Waals surface area contributed by atoms with Crippen molar-refractivity contribution in [3.63, 3.8) is 0 Å². The fourth-order valence-electron chi connectivity index (χ4n) is 3.43. The first-order valence-electron chi connectivity index (χ1n) is 8.73. The van der Waals surface area contributed by atoms with Gasteiger partial charge < -0.3 is 5.32 Å². The molecule has 1 saturated carbocycles. The van der Waals surface area contributed by atoms with Gasteiger partial charge in [0.1, 0.15) is 12.2 Å². The lowest BCUT2D eigenvalue weighted by Crippen LogP contribution is -2.30. The molecule has 0 aliphatic heterocycles. The van der Waals surface area contributed by atoms with Crippen molar-refractivity contribution in [1.29, 1.82) is 0 Å². The van der Waals surface area contributed by atoms with Gasteiger partial charge in [-0.05, 0) is 31.7 Å². The van der Waals surface area contributed by atoms with E-state index in [0.717, 1.165) is 24.7 Å². The molecule has 2 rings (SSSR count). The Labute approximate surface area is 129 Å². The molecule has 1 atom stereocenters. The summed E-state index contributed by atoms with van der Waals surface area (Å²) in [5, 5.41) is 7.85. The molecule has 0 spiro atoms. The monoisotopic (exact) mass is 292 g/mol. The van der Waals surface area contributed by atoms with Crippen LogP contribution in [0.3, 0.4) is 0 Å². The molecule has 1 heterocycles. The topological polar surface area (TPSA) is 42.7 Å². The van der Waals surface area contributed by atoms with Crippen LogP contribution in [0, 0.1) is 11.8 Å². The van der Waals surface area contributed by atoms with E-state index in [9.17, 15) is 0 Å². The van der Waals surface area contributed by atoms with Crippen LogP contribution < -0.4 is 5.32 Å². The molecule has 0 bridgehead atoms. The predicted molar refractivity (Wildman–Crippen MR) is 87.2 cm³/mol. The van der Waals surface area contributed by atoms with E-state index < -0.39 is 0 Å². The minimum atomic E-state index is 0.530. The third kappa shape index (κ3) is 5.42. The zero-order valence-corrected chi connectivity index (χ0v) is 14.0. The highest BCUT2D eigenvalue weighted by Crippen LogP contribution is 2.28. The van der Waals surface area contributed by atoms with Gasteiger partial charge >= 0.3 is 0 Å². The van der Waals surface area contributed by atoms with E-state index in [2.05, 4.69) is 41.0 Å². The number of hydrogen-bond donors (Lipinski definition) is 1. The molecule has 4 heteroatoms. The van der Waals surface area contributed by atoms with E-state index in [0.29, 0.717) is 12.0 Å². The summed E-state index contributed by atoms with van der Waals surface area (Å²) in [5.41, 5.74) is 0. The largest absolute Gasteiger partial charge is 0.317 e. The molecular formula is C17H32N4. The average molecular weight is 292 g/mol. The van der Waals surface area contributed by atoms with Crippen LogP contribution in [0.5, 0.6) is 0 Å². The second kappa shape index (κ2) is 8.52. The molecule has 120 valence electrons. The standard InChI is InChI=1S/C17H32N4/c1-14(2)12-21-17(19-13-20-21)11-16(18-3)10-9-15-7-5-4-6-8-15/h13-16,18H,4-12H2,1-3H3. The average Bonchev–Trinajstić information content (AvgIpc) is 2.90. The molecule has 0 aromatic carbocycles. The number of likely N-dealkylation sites (N-methyl/N-ethyl adjacent to an activating group) is 1. The van der Waals surface area contributed by atoms with Gasteiger partial charge in [0.25, 0.3) is 0 Å². The third-order valence-electron chi connectivity index (χ3n) is 4.72. The van der Waals surface area contributed by atoms with Gasteiger partial charge in [0.15, 0.2) is 0 Å². The summed E-state index contributed by atoms with van der Waals surface area (Å²) in [6, 6.07) is 0.530. The third-order valence-corrected chi connectivity index (χ3v) is 4.72. The summed E-state index contributed by atoms with van der Waals surface area (Å²) in [6.45, 7) is 5.42. The maximum absolute atomic E-state index is 4.46. The van der Waals surface area contributed by atoms with Crippen LogP contribution in [0.4, 0.5) is 0 Å². The minimum absolute atomic E-state index is 0.530. The maximum Gasteiger partial charge on any atom is 0.138 e. The Kier molecular flexibility index (Phi) is 6.68. The van der Waals surface area contributed by atoms with Gasteiger partial charge in [0.2, 0.25) is 0 Å². The van der Waals surface area contributed by atoms with Crippen molar-refractivity contribution in [3.05, 3.63) is 12.2 Å². The lowest BCUT2D eigenvalue weighted by molar-refractivity contribution is 0.313. The first-order chi connectivity index (χ1) is 10.2. The summed E-state index contributed by atoms with van der Waals surface area (Å²) >= 11 is 0. The Balaban J connectivity index is 1.82. The van der Waals surface area contributed by atoms with Crippen LogP contribution in [-0.4, -0.2) is 27.9 Å². The van der Waals surface area contributed by atoms with E-state index >= 15 is 0 Å². The second-order valence-corrected chi connectivity index (χ2v) is 7.02. The molecule has 1 aliphatic carbocycles. The van der Waals surface area contributed by atoms with Gasteiger partial charge in [-0.15, -0.1) is 0 Å². The summed E-state index contributed by atoms with van der Waals surface area (Å²) in [6.07, 6.45) is 12.5. The van der Waals surface area contributed by atoms with Crippen LogP contribution in [-0.2, 0) is 13.0 Å². The quantitative estimate of drug-likeness (QED) is 0.798. The van der Waals surface area contributed by atoms with Crippen LogP contribution in [0.2, 0.25) is 0 Å². The fraction of sp³-hybridized carbons (Fsp3) is 0.882. The highest BCUT2D eigenvalue weighted by atomic mass is 15.3. The second-order valence-electron chi connectivity index (χ2n) is 7.02. The van der Waals surface area contributed by atoms with Crippen molar-refractivity contribution in [1.82, 2.24) is 20.1 Å². The number of rotatable bonds is 8. The van der Waals surface area contributed by atoms with Crippen molar-refractivity contribution < 1.29 is 0 Å². The summed E-state index contributed by atoms with van der Waals surface area (Å²) < 4.78 is 2.08. The first-order valence-corrected chi connectivity index (χ1v) is 8.73. The molecule has 1 aromatic rings. The fourth-order valence-corrected chi connectivity index (χ4v) is 3.43. The van der Waals surface area contributed by atoms with Crippen LogP contribution >= 0.6 is 0 Å². The minimum Gasteiger partial charge on any atom is -0.317 e.